The number of methoxy groups -OCH3 is 1. The molecule has 2 aromatic carbocycles. The number of carbonyl (C=O) groups is 1. The summed E-state index contributed by atoms with van der Waals surface area (Å²) in [5.74, 6) is 0.345. The Balaban J connectivity index is 1.67. The topological polar surface area (TPSA) is 111 Å². The number of amides is 1. The molecule has 4 rings (SSSR count). The minimum atomic E-state index is -3.97. The van der Waals surface area contributed by atoms with E-state index in [1.165, 1.54) is 46.6 Å². The van der Waals surface area contributed by atoms with E-state index in [1.54, 1.807) is 30.3 Å². The number of hydrogen-bond acceptors (Lipinski definition) is 9. The van der Waals surface area contributed by atoms with Crippen LogP contribution in [-0.2, 0) is 14.8 Å². The van der Waals surface area contributed by atoms with Crippen molar-refractivity contribution in [1.29, 1.82) is 0 Å². The van der Waals surface area contributed by atoms with Gasteiger partial charge >= 0.3 is 0 Å². The molecule has 0 bridgehead atoms. The second-order valence-electron chi connectivity index (χ2n) is 6.86. The highest BCUT2D eigenvalue weighted by molar-refractivity contribution is 8.00. The van der Waals surface area contributed by atoms with Crippen LogP contribution in [-0.4, -0.2) is 50.5 Å². The van der Waals surface area contributed by atoms with Crippen LogP contribution in [0.5, 0.6) is 11.5 Å². The number of anilines is 2. The molecule has 0 saturated carbocycles. The van der Waals surface area contributed by atoms with Crippen molar-refractivity contribution in [3.63, 3.8) is 0 Å². The van der Waals surface area contributed by atoms with E-state index in [0.29, 0.717) is 26.7 Å². The third kappa shape index (κ3) is 4.38. The van der Waals surface area contributed by atoms with E-state index in [1.807, 2.05) is 13.2 Å². The van der Waals surface area contributed by atoms with Gasteiger partial charge in [0.2, 0.25) is 5.13 Å². The maximum atomic E-state index is 13.5. The zero-order chi connectivity index (χ0) is 22.9. The zero-order valence-electron chi connectivity index (χ0n) is 17.4. The van der Waals surface area contributed by atoms with Crippen molar-refractivity contribution in [1.82, 2.24) is 10.2 Å². The molecule has 1 aliphatic heterocycles. The first-order valence-electron chi connectivity index (χ1n) is 9.44. The van der Waals surface area contributed by atoms with Gasteiger partial charge in [-0.25, -0.2) is 8.42 Å². The number of benzene rings is 2. The minimum absolute atomic E-state index is 0.0838. The zero-order valence-corrected chi connectivity index (χ0v) is 19.9. The highest BCUT2D eigenvalue weighted by Crippen LogP contribution is 2.38. The summed E-state index contributed by atoms with van der Waals surface area (Å²) in [5.41, 5.74) is 1.24. The molecule has 168 valence electrons. The van der Waals surface area contributed by atoms with Gasteiger partial charge in [-0.15, -0.1) is 10.2 Å². The van der Waals surface area contributed by atoms with Crippen LogP contribution in [0.15, 0.2) is 51.7 Å². The Bertz CT molecular complexity index is 1240. The Morgan fingerprint density at radius 1 is 1.25 bits per heavy atom. The van der Waals surface area contributed by atoms with Gasteiger partial charge in [0.25, 0.3) is 15.9 Å². The lowest BCUT2D eigenvalue weighted by Gasteiger charge is -2.34. The van der Waals surface area contributed by atoms with Gasteiger partial charge in [-0.3, -0.25) is 14.4 Å². The summed E-state index contributed by atoms with van der Waals surface area (Å²) in [6.07, 6.45) is 0.789. The van der Waals surface area contributed by atoms with E-state index in [4.69, 9.17) is 9.47 Å². The molecule has 1 unspecified atom stereocenters. The summed E-state index contributed by atoms with van der Waals surface area (Å²) in [7, 11) is -2.46. The molecule has 2 heterocycles. The Kier molecular flexibility index (Phi) is 6.26. The molecule has 0 fully saturated rings. The lowest BCUT2D eigenvalue weighted by molar-refractivity contribution is -0.122. The van der Waals surface area contributed by atoms with Gasteiger partial charge in [0.1, 0.15) is 11.5 Å². The van der Waals surface area contributed by atoms with Gasteiger partial charge in [-0.2, -0.15) is 0 Å². The largest absolute Gasteiger partial charge is 0.497 e. The van der Waals surface area contributed by atoms with Crippen molar-refractivity contribution >= 4 is 49.8 Å². The van der Waals surface area contributed by atoms with Crippen molar-refractivity contribution in [3.05, 3.63) is 48.0 Å². The van der Waals surface area contributed by atoms with Crippen LogP contribution in [0.25, 0.3) is 0 Å². The molecule has 12 heteroatoms. The minimum Gasteiger partial charge on any atom is -0.497 e. The Morgan fingerprint density at radius 3 is 2.66 bits per heavy atom. The third-order valence-corrected chi connectivity index (χ3v) is 8.34. The predicted octanol–water partition coefficient (Wildman–Crippen LogP) is 3.17. The summed E-state index contributed by atoms with van der Waals surface area (Å²) in [6.45, 7) is 1.67. The van der Waals surface area contributed by atoms with E-state index in [9.17, 15) is 13.2 Å². The smallest absolute Gasteiger partial charge is 0.269 e. The molecular formula is C20H20N4O5S3. The summed E-state index contributed by atoms with van der Waals surface area (Å²) in [5, 5.41) is 10.9. The van der Waals surface area contributed by atoms with E-state index in [-0.39, 0.29) is 11.4 Å². The Hall–Kier alpha value is -2.83. The number of rotatable bonds is 6. The molecule has 3 aromatic rings. The standard InChI is InChI=1S/C20H20N4O5S3/c1-12-4-9-16-15(10-12)24(32(26,27)14-7-5-13(28-2)6-8-14)11-17(29-16)18(25)21-19-22-23-20(30-3)31-19/h4-10,17H,11H2,1-3H3,(H,21,22,25). The number of nitrogens with zero attached hydrogens (tertiary/aromatic N) is 3. The molecular weight excluding hydrogens is 472 g/mol. The van der Waals surface area contributed by atoms with Crippen LogP contribution < -0.4 is 19.1 Å². The average molecular weight is 493 g/mol. The molecule has 0 saturated heterocycles. The highest BCUT2D eigenvalue weighted by atomic mass is 32.2. The lowest BCUT2D eigenvalue weighted by atomic mass is 10.1. The fourth-order valence-electron chi connectivity index (χ4n) is 3.13. The fourth-order valence-corrected chi connectivity index (χ4v) is 5.77. The second kappa shape index (κ2) is 8.96. The van der Waals surface area contributed by atoms with Crippen molar-refractivity contribution < 1.29 is 22.7 Å². The van der Waals surface area contributed by atoms with Crippen LogP contribution in [0.3, 0.4) is 0 Å². The number of ether oxygens (including phenoxy) is 2. The van der Waals surface area contributed by atoms with Crippen molar-refractivity contribution in [2.45, 2.75) is 22.3 Å². The number of nitrogens with one attached hydrogen (secondary N) is 1. The maximum absolute atomic E-state index is 13.5. The van der Waals surface area contributed by atoms with Crippen LogP contribution >= 0.6 is 23.1 Å². The highest BCUT2D eigenvalue weighted by Gasteiger charge is 2.38. The first-order chi connectivity index (χ1) is 15.3. The number of aromatic nitrogens is 2. The molecule has 1 aromatic heterocycles. The third-order valence-electron chi connectivity index (χ3n) is 4.74. The number of carbonyl (C=O) groups excluding carboxylic acids is 1. The molecule has 0 aliphatic carbocycles. The number of fused-ring (bicyclic) bond motifs is 1. The average Bonchev–Trinajstić information content (AvgIpc) is 3.25. The first kappa shape index (κ1) is 22.4. The number of sulfonamides is 1. The maximum Gasteiger partial charge on any atom is 0.269 e. The van der Waals surface area contributed by atoms with Gasteiger partial charge in [-0.1, -0.05) is 29.2 Å². The predicted molar refractivity (Wildman–Crippen MR) is 123 cm³/mol. The Labute approximate surface area is 193 Å². The first-order valence-corrected chi connectivity index (χ1v) is 12.9. The van der Waals surface area contributed by atoms with Gasteiger partial charge in [-0.05, 0) is 55.1 Å². The van der Waals surface area contributed by atoms with Gasteiger partial charge < -0.3 is 9.47 Å². The summed E-state index contributed by atoms with van der Waals surface area (Å²) >= 11 is 2.64. The molecule has 9 nitrogen and oxygen atoms in total. The van der Waals surface area contributed by atoms with Crippen molar-refractivity contribution in [2.75, 3.05) is 29.5 Å². The van der Waals surface area contributed by atoms with Crippen LogP contribution in [0.2, 0.25) is 0 Å². The lowest BCUT2D eigenvalue weighted by Crippen LogP contribution is -2.48. The van der Waals surface area contributed by atoms with Crippen LogP contribution in [0.4, 0.5) is 10.8 Å². The van der Waals surface area contributed by atoms with Crippen LogP contribution in [0.1, 0.15) is 5.56 Å². The number of thioether (sulfide) groups is 1. The van der Waals surface area contributed by atoms with E-state index >= 15 is 0 Å². The van der Waals surface area contributed by atoms with Gasteiger partial charge in [0, 0.05) is 0 Å². The number of aryl methyl sites for hydroxylation is 1. The molecule has 1 atom stereocenters. The molecule has 1 amide bonds. The van der Waals surface area contributed by atoms with Crippen LogP contribution in [0, 0.1) is 6.92 Å². The van der Waals surface area contributed by atoms with E-state index in [2.05, 4.69) is 15.5 Å². The monoisotopic (exact) mass is 492 g/mol. The summed E-state index contributed by atoms with van der Waals surface area (Å²) in [6, 6.07) is 11.3. The quantitative estimate of drug-likeness (QED) is 0.413. The van der Waals surface area contributed by atoms with Crippen molar-refractivity contribution in [2.24, 2.45) is 0 Å². The second-order valence-corrected chi connectivity index (χ2v) is 10.7. The Morgan fingerprint density at radius 2 is 2.00 bits per heavy atom. The van der Waals surface area contributed by atoms with E-state index < -0.39 is 22.0 Å². The molecule has 32 heavy (non-hydrogen) atoms. The molecule has 0 radical (unpaired) electrons. The van der Waals surface area contributed by atoms with Crippen molar-refractivity contribution in [3.8, 4) is 11.5 Å². The normalized spacial score (nSPS) is 15.6. The van der Waals surface area contributed by atoms with Gasteiger partial charge in [0.05, 0.1) is 24.2 Å². The molecule has 1 N–H and O–H groups in total. The van der Waals surface area contributed by atoms with E-state index in [0.717, 1.165) is 5.56 Å². The summed E-state index contributed by atoms with van der Waals surface area (Å²) < 4.78 is 39.9. The SMILES string of the molecule is COc1ccc(S(=O)(=O)N2CC(C(=O)Nc3nnc(SC)s3)Oc3ccc(C)cc32)cc1. The molecule has 0 spiro atoms. The number of hydrogen-bond donors (Lipinski definition) is 1. The fraction of sp³-hybridized carbons (Fsp3) is 0.250. The van der Waals surface area contributed by atoms with Gasteiger partial charge in [0.15, 0.2) is 10.4 Å². The summed E-state index contributed by atoms with van der Waals surface area (Å²) in [4.78, 5) is 13.0. The molecule has 1 aliphatic rings.